The smallest absolute Gasteiger partial charge is 0.0688 e. The molecule has 0 aliphatic carbocycles. The van der Waals surface area contributed by atoms with E-state index in [1.54, 1.807) is 0 Å². The van der Waals surface area contributed by atoms with Crippen LogP contribution >= 0.6 is 0 Å². The summed E-state index contributed by atoms with van der Waals surface area (Å²) in [7, 11) is 0. The number of aromatic nitrogens is 2. The van der Waals surface area contributed by atoms with E-state index in [-0.39, 0.29) is 0 Å². The highest BCUT2D eigenvalue weighted by molar-refractivity contribution is 5.28. The summed E-state index contributed by atoms with van der Waals surface area (Å²) >= 11 is 0. The zero-order valence-corrected chi connectivity index (χ0v) is 8.83. The molecule has 1 aromatic rings. The van der Waals surface area contributed by atoms with Crippen LogP contribution in [0.4, 0.5) is 0 Å². The third-order valence-corrected chi connectivity index (χ3v) is 3.43. The minimum atomic E-state index is 0.485. The highest BCUT2D eigenvalue weighted by Crippen LogP contribution is 2.35. The van der Waals surface area contributed by atoms with E-state index in [1.807, 2.05) is 0 Å². The van der Waals surface area contributed by atoms with Crippen LogP contribution in [-0.2, 0) is 6.42 Å². The van der Waals surface area contributed by atoms with Gasteiger partial charge in [0, 0.05) is 36.3 Å². The quantitative estimate of drug-likeness (QED) is 0.733. The van der Waals surface area contributed by atoms with Gasteiger partial charge in [-0.2, -0.15) is 5.10 Å². The molecule has 0 aromatic carbocycles. The lowest BCUT2D eigenvalue weighted by Crippen LogP contribution is -2.31. The van der Waals surface area contributed by atoms with Gasteiger partial charge in [-0.15, -0.1) is 0 Å². The van der Waals surface area contributed by atoms with Gasteiger partial charge in [0.1, 0.15) is 0 Å². The summed E-state index contributed by atoms with van der Waals surface area (Å²) in [6.45, 7) is 4.37. The molecule has 3 heterocycles. The van der Waals surface area contributed by atoms with E-state index < -0.39 is 0 Å². The summed E-state index contributed by atoms with van der Waals surface area (Å²) < 4.78 is 2.10. The van der Waals surface area contributed by atoms with Gasteiger partial charge >= 0.3 is 0 Å². The van der Waals surface area contributed by atoms with Gasteiger partial charge in [0.15, 0.2) is 0 Å². The Morgan fingerprint density at radius 1 is 1.50 bits per heavy atom. The van der Waals surface area contributed by atoms with Crippen molar-refractivity contribution in [3.8, 4) is 0 Å². The maximum Gasteiger partial charge on any atom is 0.0688 e. The Bertz CT molecular complexity index is 353. The van der Waals surface area contributed by atoms with Crippen molar-refractivity contribution in [3.63, 3.8) is 0 Å². The molecule has 14 heavy (non-hydrogen) atoms. The normalized spacial score (nSPS) is 29.6. The second kappa shape index (κ2) is 2.83. The third-order valence-electron chi connectivity index (χ3n) is 3.43. The average Bonchev–Trinajstić information content (AvgIpc) is 2.71. The molecule has 0 radical (unpaired) electrons. The van der Waals surface area contributed by atoms with E-state index in [0.717, 1.165) is 6.42 Å². The number of fused-ring (bicyclic) bond motifs is 4. The van der Waals surface area contributed by atoms with Gasteiger partial charge in [-0.05, 0) is 26.7 Å². The molecule has 1 fully saturated rings. The summed E-state index contributed by atoms with van der Waals surface area (Å²) in [5.74, 6) is 0. The average molecular weight is 191 g/mol. The molecule has 3 rings (SSSR count). The molecule has 1 N–H and O–H groups in total. The molecule has 76 valence electrons. The van der Waals surface area contributed by atoms with E-state index in [0.29, 0.717) is 18.1 Å². The summed E-state index contributed by atoms with van der Waals surface area (Å²) in [5.41, 5.74) is 2.79. The van der Waals surface area contributed by atoms with Crippen molar-refractivity contribution in [3.05, 3.63) is 17.5 Å². The summed E-state index contributed by atoms with van der Waals surface area (Å²) in [5, 5.41) is 8.31. The zero-order chi connectivity index (χ0) is 9.71. The topological polar surface area (TPSA) is 29.9 Å². The Morgan fingerprint density at radius 2 is 2.36 bits per heavy atom. The number of nitrogens with one attached hydrogen (secondary N) is 1. The Morgan fingerprint density at radius 3 is 3.14 bits per heavy atom. The predicted octanol–water partition coefficient (Wildman–Crippen LogP) is 1.81. The van der Waals surface area contributed by atoms with E-state index in [1.165, 1.54) is 24.1 Å². The van der Waals surface area contributed by atoms with Gasteiger partial charge in [0.25, 0.3) is 0 Å². The molecule has 2 bridgehead atoms. The maximum absolute atomic E-state index is 4.67. The van der Waals surface area contributed by atoms with E-state index >= 15 is 0 Å². The van der Waals surface area contributed by atoms with Crippen LogP contribution in [0, 0.1) is 0 Å². The molecule has 1 aromatic heterocycles. The van der Waals surface area contributed by atoms with Crippen LogP contribution in [-0.4, -0.2) is 15.8 Å². The van der Waals surface area contributed by atoms with Crippen LogP contribution < -0.4 is 5.32 Å². The van der Waals surface area contributed by atoms with Crippen molar-refractivity contribution in [2.45, 2.75) is 51.2 Å². The van der Waals surface area contributed by atoms with Crippen LogP contribution in [0.25, 0.3) is 0 Å². The Hall–Kier alpha value is -0.830. The van der Waals surface area contributed by atoms with Crippen LogP contribution in [0.3, 0.4) is 0 Å². The van der Waals surface area contributed by atoms with Crippen molar-refractivity contribution >= 4 is 0 Å². The summed E-state index contributed by atoms with van der Waals surface area (Å²) in [6.07, 6.45) is 5.98. The van der Waals surface area contributed by atoms with E-state index in [9.17, 15) is 0 Å². The monoisotopic (exact) mass is 191 g/mol. The summed E-state index contributed by atoms with van der Waals surface area (Å²) in [6, 6.07) is 1.78. The minimum Gasteiger partial charge on any atom is -0.307 e. The molecular formula is C11H17N3. The molecular weight excluding hydrogens is 174 g/mol. The number of hydrogen-bond donors (Lipinski definition) is 1. The molecule has 0 spiro atoms. The minimum absolute atomic E-state index is 0.485. The SMILES string of the molecule is CC(C)n1cc2c(n1)C[C@@H]1CC[C@H]2N1. The molecule has 2 aliphatic heterocycles. The van der Waals surface area contributed by atoms with E-state index in [2.05, 4.69) is 35.1 Å². The van der Waals surface area contributed by atoms with Crippen molar-refractivity contribution in [1.29, 1.82) is 0 Å². The molecule has 1 saturated heterocycles. The molecule has 2 atom stereocenters. The lowest BCUT2D eigenvalue weighted by Gasteiger charge is -2.19. The van der Waals surface area contributed by atoms with Crippen molar-refractivity contribution in [2.24, 2.45) is 0 Å². The fourth-order valence-corrected chi connectivity index (χ4v) is 2.62. The third kappa shape index (κ3) is 1.12. The first kappa shape index (κ1) is 8.48. The Kier molecular flexibility index (Phi) is 1.71. The molecule has 3 nitrogen and oxygen atoms in total. The fourth-order valence-electron chi connectivity index (χ4n) is 2.62. The first-order chi connectivity index (χ1) is 6.74. The van der Waals surface area contributed by atoms with Gasteiger partial charge in [-0.3, -0.25) is 4.68 Å². The predicted molar refractivity (Wildman–Crippen MR) is 55.2 cm³/mol. The van der Waals surface area contributed by atoms with Crippen LogP contribution in [0.2, 0.25) is 0 Å². The second-order valence-corrected chi connectivity index (χ2v) is 4.80. The van der Waals surface area contributed by atoms with Crippen molar-refractivity contribution in [1.82, 2.24) is 15.1 Å². The molecule has 0 saturated carbocycles. The lowest BCUT2D eigenvalue weighted by molar-refractivity contribution is 0.501. The largest absolute Gasteiger partial charge is 0.307 e. The first-order valence-corrected chi connectivity index (χ1v) is 5.58. The fraction of sp³-hybridized carbons (Fsp3) is 0.727. The Balaban J connectivity index is 2.01. The second-order valence-electron chi connectivity index (χ2n) is 4.80. The van der Waals surface area contributed by atoms with E-state index in [4.69, 9.17) is 0 Å². The highest BCUT2D eigenvalue weighted by atomic mass is 15.3. The van der Waals surface area contributed by atoms with Crippen LogP contribution in [0.5, 0.6) is 0 Å². The van der Waals surface area contributed by atoms with Gasteiger partial charge in [-0.1, -0.05) is 0 Å². The lowest BCUT2D eigenvalue weighted by atomic mass is 10.0. The molecule has 2 aliphatic rings. The number of rotatable bonds is 1. The van der Waals surface area contributed by atoms with Crippen molar-refractivity contribution < 1.29 is 0 Å². The standard InChI is InChI=1S/C11H17N3/c1-7(2)14-6-9-10-4-3-8(12-10)5-11(9)13-14/h6-8,10,12H,3-5H2,1-2H3/t8-,10+/m0/s1. The Labute approximate surface area is 84.5 Å². The zero-order valence-electron chi connectivity index (χ0n) is 8.83. The maximum atomic E-state index is 4.67. The molecule has 0 amide bonds. The first-order valence-electron chi connectivity index (χ1n) is 5.58. The van der Waals surface area contributed by atoms with Crippen LogP contribution in [0.1, 0.15) is 50.0 Å². The molecule has 0 unspecified atom stereocenters. The summed E-state index contributed by atoms with van der Waals surface area (Å²) in [4.78, 5) is 0. The van der Waals surface area contributed by atoms with Gasteiger partial charge in [0.05, 0.1) is 5.69 Å². The van der Waals surface area contributed by atoms with Gasteiger partial charge < -0.3 is 5.32 Å². The number of hydrogen-bond acceptors (Lipinski definition) is 2. The number of nitrogens with zero attached hydrogens (tertiary/aromatic N) is 2. The van der Waals surface area contributed by atoms with Crippen molar-refractivity contribution in [2.75, 3.05) is 0 Å². The molecule has 3 heteroatoms. The van der Waals surface area contributed by atoms with Gasteiger partial charge in [0.2, 0.25) is 0 Å². The van der Waals surface area contributed by atoms with Crippen LogP contribution in [0.15, 0.2) is 6.20 Å². The van der Waals surface area contributed by atoms with Gasteiger partial charge in [-0.25, -0.2) is 0 Å². The highest BCUT2D eigenvalue weighted by Gasteiger charge is 2.34.